The van der Waals surface area contributed by atoms with Gasteiger partial charge in [-0.05, 0) is 37.7 Å². The van der Waals surface area contributed by atoms with E-state index in [-0.39, 0.29) is 65.3 Å². The van der Waals surface area contributed by atoms with Crippen LogP contribution in [0.1, 0.15) is 71.9 Å². The average Bonchev–Trinajstić information content (AvgIpc) is 3.46. The van der Waals surface area contributed by atoms with Crippen molar-refractivity contribution in [1.29, 1.82) is 0 Å². The van der Waals surface area contributed by atoms with E-state index in [0.29, 0.717) is 19.5 Å². The predicted octanol–water partition coefficient (Wildman–Crippen LogP) is 5.55. The van der Waals surface area contributed by atoms with E-state index in [1.165, 1.54) is 6.92 Å². The van der Waals surface area contributed by atoms with Gasteiger partial charge in [-0.25, -0.2) is 4.98 Å². The Bertz CT molecular complexity index is 963. The molecule has 1 aromatic heterocycles. The third kappa shape index (κ3) is 12.0. The molecule has 2 rings (SSSR count). The van der Waals surface area contributed by atoms with E-state index in [9.17, 15) is 14.4 Å². The summed E-state index contributed by atoms with van der Waals surface area (Å²) in [7, 11) is 0. The Balaban J connectivity index is -0.00000239. The van der Waals surface area contributed by atoms with Gasteiger partial charge < -0.3 is 30.4 Å². The Morgan fingerprint density at radius 3 is 2.29 bits per heavy atom. The van der Waals surface area contributed by atoms with E-state index >= 15 is 0 Å². The number of rotatable bonds is 8. The summed E-state index contributed by atoms with van der Waals surface area (Å²) < 4.78 is 0. The number of hydrogen-bond donors (Lipinski definition) is 2. The Labute approximate surface area is 260 Å². The molecule has 2 heterocycles. The van der Waals surface area contributed by atoms with E-state index in [0.717, 1.165) is 28.1 Å². The van der Waals surface area contributed by atoms with Crippen LogP contribution in [0.4, 0.5) is 0 Å². The number of carbonyl (C=O) groups excluding carboxylic acids is 3. The summed E-state index contributed by atoms with van der Waals surface area (Å²) in [6.45, 7) is 19.8. The number of carbonyl (C=O) groups is 3. The van der Waals surface area contributed by atoms with Crippen molar-refractivity contribution >= 4 is 34.6 Å². The van der Waals surface area contributed by atoms with Crippen molar-refractivity contribution in [1.82, 2.24) is 20.5 Å². The summed E-state index contributed by atoms with van der Waals surface area (Å²) in [6, 6.07) is -1.20. The summed E-state index contributed by atoms with van der Waals surface area (Å²) in [5, 5.41) is 5.73. The number of thiazole rings is 1. The van der Waals surface area contributed by atoms with Gasteiger partial charge in [-0.15, -0.1) is 11.3 Å². The van der Waals surface area contributed by atoms with Gasteiger partial charge in [0.1, 0.15) is 12.1 Å². The van der Waals surface area contributed by atoms with Gasteiger partial charge in [0.05, 0.1) is 16.1 Å². The summed E-state index contributed by atoms with van der Waals surface area (Å²) in [4.78, 5) is 44.8. The summed E-state index contributed by atoms with van der Waals surface area (Å²) in [5.41, 5.74) is 4.27. The molecule has 213 valence electrons. The fourth-order valence-electron chi connectivity index (χ4n) is 3.77. The third-order valence-corrected chi connectivity index (χ3v) is 6.59. The van der Waals surface area contributed by atoms with Gasteiger partial charge in [-0.1, -0.05) is 65.0 Å². The first kappa shape index (κ1) is 40.9. The van der Waals surface area contributed by atoms with Gasteiger partial charge in [0, 0.05) is 52.7 Å². The molecule has 0 bridgehead atoms. The topological polar surface area (TPSA) is 91.4 Å². The first-order valence-electron chi connectivity index (χ1n) is 12.2. The van der Waals surface area contributed by atoms with E-state index < -0.39 is 17.5 Å². The van der Waals surface area contributed by atoms with Crippen LogP contribution in [0.25, 0.3) is 5.57 Å². The zero-order valence-electron chi connectivity index (χ0n) is 25.1. The van der Waals surface area contributed by atoms with Crippen molar-refractivity contribution in [2.45, 2.75) is 80.3 Å². The second-order valence-corrected chi connectivity index (χ2v) is 10.4. The molecule has 38 heavy (non-hydrogen) atoms. The minimum Gasteiger partial charge on any atom is -0.358 e. The summed E-state index contributed by atoms with van der Waals surface area (Å²) >= 11 is 1.57. The first-order chi connectivity index (χ1) is 16.5. The average molecular weight is 622 g/mol. The quantitative estimate of drug-likeness (QED) is 0.294. The zero-order valence-corrected chi connectivity index (χ0v) is 28.8. The number of aromatic nitrogens is 1. The molecule has 3 amide bonds. The van der Waals surface area contributed by atoms with Crippen LogP contribution in [-0.4, -0.2) is 52.8 Å². The summed E-state index contributed by atoms with van der Waals surface area (Å²) in [5.74, 6) is -0.638. The number of nitrogens with one attached hydrogen (secondary N) is 2. The molecule has 1 saturated heterocycles. The van der Waals surface area contributed by atoms with E-state index in [1.54, 1.807) is 22.3 Å². The minimum absolute atomic E-state index is 0. The van der Waals surface area contributed by atoms with Crippen molar-refractivity contribution in [3.8, 4) is 0 Å². The number of hydrogen-bond acceptors (Lipinski definition) is 5. The van der Waals surface area contributed by atoms with Crippen LogP contribution in [0.2, 0.25) is 0 Å². The van der Waals surface area contributed by atoms with Crippen molar-refractivity contribution in [2.75, 3.05) is 13.1 Å². The number of likely N-dealkylation sites (tertiary alicyclic amines) is 1. The van der Waals surface area contributed by atoms with Gasteiger partial charge in [-0.2, -0.15) is 0 Å². The van der Waals surface area contributed by atoms with Gasteiger partial charge in [-0.3, -0.25) is 14.4 Å². The van der Waals surface area contributed by atoms with E-state index in [1.807, 2.05) is 66.1 Å². The third-order valence-electron chi connectivity index (χ3n) is 5.62. The second kappa shape index (κ2) is 19.4. The molecule has 1 aliphatic heterocycles. The second-order valence-electron chi connectivity index (χ2n) is 9.51. The molecular formula is C29H48N4O3SY-2. The molecule has 1 aliphatic rings. The number of nitrogens with zero attached hydrogens (tertiary/aromatic N) is 2. The number of amides is 3. The maximum Gasteiger partial charge on any atom is 0.246 e. The van der Waals surface area contributed by atoms with Crippen LogP contribution in [0, 0.1) is 27.2 Å². The maximum atomic E-state index is 13.2. The molecule has 0 saturated carbocycles. The van der Waals surface area contributed by atoms with E-state index in [4.69, 9.17) is 0 Å². The molecule has 1 aromatic rings. The van der Waals surface area contributed by atoms with Crippen LogP contribution < -0.4 is 10.6 Å². The van der Waals surface area contributed by atoms with Crippen molar-refractivity contribution in [3.05, 3.63) is 61.3 Å². The van der Waals surface area contributed by atoms with Gasteiger partial charge >= 0.3 is 0 Å². The first-order valence-corrected chi connectivity index (χ1v) is 13.1. The Hall–Kier alpha value is -1.64. The fourth-order valence-corrected chi connectivity index (χ4v) is 4.60. The molecule has 2 atom stereocenters. The number of aryl methyl sites for hydroxylation is 1. The molecule has 1 fully saturated rings. The largest absolute Gasteiger partial charge is 0.358 e. The molecule has 7 nitrogen and oxygen atoms in total. The fraction of sp³-hybridized carbons (Fsp3) is 0.517. The van der Waals surface area contributed by atoms with Crippen LogP contribution in [0.15, 0.2) is 35.9 Å². The smallest absolute Gasteiger partial charge is 0.246 e. The normalized spacial score (nSPS) is 15.9. The van der Waals surface area contributed by atoms with Gasteiger partial charge in [0.15, 0.2) is 0 Å². The molecule has 2 unspecified atom stereocenters. The van der Waals surface area contributed by atoms with Crippen LogP contribution >= 0.6 is 11.3 Å². The van der Waals surface area contributed by atoms with Gasteiger partial charge in [0.25, 0.3) is 0 Å². The van der Waals surface area contributed by atoms with E-state index in [2.05, 4.69) is 22.2 Å². The Kier molecular flexibility index (Phi) is 20.9. The Morgan fingerprint density at radius 1 is 1.21 bits per heavy atom. The predicted molar refractivity (Wildman–Crippen MR) is 158 cm³/mol. The molecule has 0 aliphatic carbocycles. The SMILES string of the molecule is C=C/C(=C\C=C(/C)CNC(=O)C1CCCN1C(=O)C(NC(C)=O)C(C)(C)C)c1scnc1C.CC.[CH3-].[CH3-].[Y]. The molecule has 0 spiro atoms. The van der Waals surface area contributed by atoms with Gasteiger partial charge in [0.2, 0.25) is 17.7 Å². The number of allylic oxidation sites excluding steroid dienone is 4. The van der Waals surface area contributed by atoms with Crippen molar-refractivity contribution < 1.29 is 47.1 Å². The standard InChI is InChI=1S/C25H36N4O3S.C2H6.2CH3.Y/c1-8-19(21-17(3)27-15-33-21)12-11-16(2)14-26-23(31)20-10-9-13-29(20)24(32)22(25(5,6)7)28-18(4)30;1-2;;;/h8,11-12,15,20,22H,1,9-10,13-14H2,2-7H3,(H,26,31)(H,28,30);1-2H3;2*1H3;/q;;2*-1;/b16-11+,19-12+;;;;. The van der Waals surface area contributed by atoms with Crippen LogP contribution in [-0.2, 0) is 47.1 Å². The maximum absolute atomic E-state index is 13.2. The van der Waals surface area contributed by atoms with Crippen molar-refractivity contribution in [3.63, 3.8) is 0 Å². The minimum atomic E-state index is -0.678. The molecule has 9 heteroatoms. The monoisotopic (exact) mass is 621 g/mol. The zero-order chi connectivity index (χ0) is 26.8. The molecule has 2 N–H and O–H groups in total. The Morgan fingerprint density at radius 2 is 1.82 bits per heavy atom. The molecule has 1 radical (unpaired) electrons. The summed E-state index contributed by atoms with van der Waals surface area (Å²) in [6.07, 6.45) is 7.10. The molecule has 0 aromatic carbocycles. The molecular weight excluding hydrogens is 573 g/mol. The van der Waals surface area contributed by atoms with Crippen LogP contribution in [0.3, 0.4) is 0 Å². The van der Waals surface area contributed by atoms with Crippen LogP contribution in [0.5, 0.6) is 0 Å². The van der Waals surface area contributed by atoms with Crippen molar-refractivity contribution in [2.24, 2.45) is 5.41 Å².